The molecule has 0 aromatic heterocycles. The lowest BCUT2D eigenvalue weighted by molar-refractivity contribution is -0.120. The maximum atomic E-state index is 11.9. The molecule has 0 aliphatic rings. The van der Waals surface area contributed by atoms with E-state index in [1.807, 2.05) is 34.6 Å². The maximum Gasteiger partial charge on any atom is 0.500 e. The Morgan fingerprint density at radius 3 is 1.79 bits per heavy atom. The van der Waals surface area contributed by atoms with Crippen molar-refractivity contribution in [2.24, 2.45) is 0 Å². The van der Waals surface area contributed by atoms with Gasteiger partial charge in [-0.2, -0.15) is 0 Å². The van der Waals surface area contributed by atoms with E-state index in [9.17, 15) is 4.79 Å². The number of alkyl halides is 1. The minimum absolute atomic E-state index is 0.194. The normalized spacial score (nSPS) is 12.7. The Kier molecular flexibility index (Phi) is 9.35. The summed E-state index contributed by atoms with van der Waals surface area (Å²) < 4.78 is 16.8. The third kappa shape index (κ3) is 7.56. The molecule has 0 aliphatic heterocycles. The van der Waals surface area contributed by atoms with E-state index < -0.39 is 13.1 Å². The topological polar surface area (TPSA) is 44.8 Å². The molecule has 0 fully saturated rings. The third-order valence-electron chi connectivity index (χ3n) is 2.64. The Labute approximate surface area is 126 Å². The van der Waals surface area contributed by atoms with Gasteiger partial charge in [-0.05, 0) is 41.0 Å². The van der Waals surface area contributed by atoms with Gasteiger partial charge in [-0.3, -0.25) is 4.79 Å². The van der Waals surface area contributed by atoms with Crippen LogP contribution < -0.4 is 0 Å². The summed E-state index contributed by atoms with van der Waals surface area (Å²) in [5, 5.41) is 0. The van der Waals surface area contributed by atoms with Gasteiger partial charge in [0.05, 0.1) is 4.32 Å². The van der Waals surface area contributed by atoms with Gasteiger partial charge in [0.15, 0.2) is 0 Å². The summed E-state index contributed by atoms with van der Waals surface area (Å²) in [7, 11) is -2.59. The number of halogens is 1. The average Bonchev–Trinajstić information content (AvgIpc) is 2.28. The molecule has 0 heterocycles. The molecular weight excluding hydrogens is 328 g/mol. The SMILES string of the molecule is CCO[Si](CCCC(=O)C(C)(C)Br)(OCC)OCC. The molecule has 6 heteroatoms. The summed E-state index contributed by atoms with van der Waals surface area (Å²) in [5.74, 6) is 0.194. The number of Topliss-reactive ketones (excluding diaryl/α,β-unsaturated/α-hetero) is 1. The number of carbonyl (C=O) groups is 1. The molecule has 0 spiro atoms. The van der Waals surface area contributed by atoms with Crippen molar-refractivity contribution in [3.63, 3.8) is 0 Å². The van der Waals surface area contributed by atoms with E-state index in [1.54, 1.807) is 0 Å². The molecule has 0 atom stereocenters. The van der Waals surface area contributed by atoms with Crippen LogP contribution >= 0.6 is 15.9 Å². The van der Waals surface area contributed by atoms with Gasteiger partial charge in [0.25, 0.3) is 0 Å². The number of ketones is 1. The quantitative estimate of drug-likeness (QED) is 0.420. The number of carbonyl (C=O) groups excluding carboxylic acids is 1. The molecule has 19 heavy (non-hydrogen) atoms. The van der Waals surface area contributed by atoms with Crippen LogP contribution in [0.4, 0.5) is 0 Å². The number of hydrogen-bond acceptors (Lipinski definition) is 4. The summed E-state index contributed by atoms with van der Waals surface area (Å²) >= 11 is 3.38. The van der Waals surface area contributed by atoms with Crippen LogP contribution in [0.2, 0.25) is 6.04 Å². The molecule has 0 rings (SSSR count). The highest BCUT2D eigenvalue weighted by atomic mass is 79.9. The summed E-state index contributed by atoms with van der Waals surface area (Å²) in [4.78, 5) is 11.9. The number of hydrogen-bond donors (Lipinski definition) is 0. The second kappa shape index (κ2) is 9.23. The minimum Gasteiger partial charge on any atom is -0.374 e. The smallest absolute Gasteiger partial charge is 0.374 e. The first-order valence-corrected chi connectivity index (χ1v) is 9.67. The lowest BCUT2D eigenvalue weighted by atomic mass is 10.1. The Morgan fingerprint density at radius 2 is 1.47 bits per heavy atom. The maximum absolute atomic E-state index is 11.9. The van der Waals surface area contributed by atoms with Gasteiger partial charge >= 0.3 is 8.80 Å². The zero-order chi connectivity index (χ0) is 14.9. The molecule has 0 saturated heterocycles. The summed E-state index contributed by atoms with van der Waals surface area (Å²) in [6.07, 6.45) is 1.25. The van der Waals surface area contributed by atoms with Crippen molar-refractivity contribution in [3.8, 4) is 0 Å². The Balaban J connectivity index is 4.44. The van der Waals surface area contributed by atoms with Crippen LogP contribution in [0.25, 0.3) is 0 Å². The summed E-state index contributed by atoms with van der Waals surface area (Å²) in [6, 6.07) is 0.692. The molecule has 114 valence electrons. The van der Waals surface area contributed by atoms with Crippen molar-refractivity contribution in [2.45, 2.75) is 57.8 Å². The standard InChI is InChI=1S/C13H27BrO4Si/c1-6-16-19(17-7-2,18-8-3)11-9-10-12(15)13(4,5)14/h6-11H2,1-5H3. The van der Waals surface area contributed by atoms with Gasteiger partial charge in [-0.15, -0.1) is 0 Å². The summed E-state index contributed by atoms with van der Waals surface area (Å²) in [5.41, 5.74) is 0. The van der Waals surface area contributed by atoms with Crippen LogP contribution in [-0.2, 0) is 18.1 Å². The van der Waals surface area contributed by atoms with E-state index in [4.69, 9.17) is 13.3 Å². The zero-order valence-corrected chi connectivity index (χ0v) is 15.3. The fourth-order valence-electron chi connectivity index (χ4n) is 1.76. The van der Waals surface area contributed by atoms with Crippen molar-refractivity contribution < 1.29 is 18.1 Å². The van der Waals surface area contributed by atoms with Crippen LogP contribution in [-0.4, -0.2) is 38.7 Å². The van der Waals surface area contributed by atoms with E-state index in [-0.39, 0.29) is 5.78 Å². The van der Waals surface area contributed by atoms with E-state index >= 15 is 0 Å². The van der Waals surface area contributed by atoms with Crippen molar-refractivity contribution in [1.29, 1.82) is 0 Å². The lowest BCUT2D eigenvalue weighted by Gasteiger charge is -2.28. The van der Waals surface area contributed by atoms with Gasteiger partial charge in [0.2, 0.25) is 0 Å². The molecule has 4 nitrogen and oxygen atoms in total. The highest BCUT2D eigenvalue weighted by Crippen LogP contribution is 2.23. The summed E-state index contributed by atoms with van der Waals surface area (Å²) in [6.45, 7) is 11.3. The molecule has 0 amide bonds. The second-order valence-electron chi connectivity index (χ2n) is 4.73. The van der Waals surface area contributed by atoms with Crippen LogP contribution in [0, 0.1) is 0 Å². The molecule has 0 unspecified atom stereocenters. The molecule has 0 saturated carbocycles. The molecule has 0 aromatic rings. The van der Waals surface area contributed by atoms with E-state index in [2.05, 4.69) is 15.9 Å². The number of rotatable bonds is 11. The van der Waals surface area contributed by atoms with Gasteiger partial charge in [0.1, 0.15) is 5.78 Å². The van der Waals surface area contributed by atoms with Gasteiger partial charge < -0.3 is 13.3 Å². The Hall–Kier alpha value is 0.247. The largest absolute Gasteiger partial charge is 0.500 e. The molecule has 0 bridgehead atoms. The van der Waals surface area contributed by atoms with Gasteiger partial charge in [-0.1, -0.05) is 15.9 Å². The van der Waals surface area contributed by atoms with Crippen LogP contribution in [0.15, 0.2) is 0 Å². The monoisotopic (exact) mass is 354 g/mol. The predicted molar refractivity (Wildman–Crippen MR) is 82.7 cm³/mol. The van der Waals surface area contributed by atoms with Crippen molar-refractivity contribution in [3.05, 3.63) is 0 Å². The highest BCUT2D eigenvalue weighted by Gasteiger charge is 2.40. The van der Waals surface area contributed by atoms with E-state index in [0.717, 1.165) is 6.42 Å². The van der Waals surface area contributed by atoms with Gasteiger partial charge in [0, 0.05) is 32.3 Å². The molecule has 0 radical (unpaired) electrons. The van der Waals surface area contributed by atoms with Gasteiger partial charge in [-0.25, -0.2) is 0 Å². The van der Waals surface area contributed by atoms with Crippen molar-refractivity contribution >= 4 is 30.5 Å². The van der Waals surface area contributed by atoms with Crippen molar-refractivity contribution in [1.82, 2.24) is 0 Å². The van der Waals surface area contributed by atoms with Crippen LogP contribution in [0.5, 0.6) is 0 Å². The molecule has 0 aliphatic carbocycles. The zero-order valence-electron chi connectivity index (χ0n) is 12.8. The molecule has 0 N–H and O–H groups in total. The fourth-order valence-corrected chi connectivity index (χ4v) is 4.57. The first-order valence-electron chi connectivity index (χ1n) is 6.95. The molecular formula is C13H27BrO4Si. The van der Waals surface area contributed by atoms with Crippen LogP contribution in [0.3, 0.4) is 0 Å². The van der Waals surface area contributed by atoms with Crippen molar-refractivity contribution in [2.75, 3.05) is 19.8 Å². The Morgan fingerprint density at radius 1 is 1.05 bits per heavy atom. The average molecular weight is 355 g/mol. The van der Waals surface area contributed by atoms with E-state index in [1.165, 1.54) is 0 Å². The van der Waals surface area contributed by atoms with Crippen LogP contribution in [0.1, 0.15) is 47.5 Å². The predicted octanol–water partition coefficient (Wildman–Crippen LogP) is 3.56. The minimum atomic E-state index is -2.59. The lowest BCUT2D eigenvalue weighted by Crippen LogP contribution is -2.46. The highest BCUT2D eigenvalue weighted by molar-refractivity contribution is 9.10. The molecule has 0 aromatic carbocycles. The first-order chi connectivity index (χ1) is 8.81. The fraction of sp³-hybridized carbons (Fsp3) is 0.923. The second-order valence-corrected chi connectivity index (χ2v) is 9.45. The Bertz CT molecular complexity index is 249. The van der Waals surface area contributed by atoms with E-state index in [0.29, 0.717) is 32.3 Å². The third-order valence-corrected chi connectivity index (χ3v) is 6.24. The first kappa shape index (κ1) is 19.2.